The molecule has 2 N–H and O–H groups in total. The molecule has 9 heavy (non-hydrogen) atoms. The van der Waals surface area contributed by atoms with Crippen LogP contribution < -0.4 is 0 Å². The predicted octanol–water partition coefficient (Wildman–Crippen LogP) is -0.580. The third-order valence-corrected chi connectivity index (χ3v) is 1.46. The predicted molar refractivity (Wildman–Crippen MR) is 36.2 cm³/mol. The van der Waals surface area contributed by atoms with Gasteiger partial charge in [-0.2, -0.15) is 17.0 Å². The molecule has 0 aromatic rings. The molecule has 1 unspecified atom stereocenters. The molecule has 0 aliphatic rings. The lowest BCUT2D eigenvalue weighted by atomic mass is 10.3. The Kier molecular flexibility index (Phi) is 3.02. The van der Waals surface area contributed by atoms with E-state index in [0.29, 0.717) is 0 Å². The van der Waals surface area contributed by atoms with Crippen LogP contribution in [0, 0.1) is 0 Å². The van der Waals surface area contributed by atoms with E-state index in [1.165, 1.54) is 0 Å². The molecule has 1 atom stereocenters. The first-order valence-corrected chi connectivity index (χ1v) is 2.97. The summed E-state index contributed by atoms with van der Waals surface area (Å²) in [4.78, 5) is 10.0. The van der Waals surface area contributed by atoms with E-state index in [2.05, 4.69) is 29.4 Å². The summed E-state index contributed by atoms with van der Waals surface area (Å²) in [6.07, 6.45) is 0. The molecule has 0 heterocycles. The van der Waals surface area contributed by atoms with E-state index in [1.54, 1.807) is 0 Å². The van der Waals surface area contributed by atoms with Crippen molar-refractivity contribution in [1.82, 2.24) is 0 Å². The highest BCUT2D eigenvalue weighted by Crippen LogP contribution is 2.07. The van der Waals surface area contributed by atoms with Gasteiger partial charge in [-0.3, -0.25) is 0 Å². The van der Waals surface area contributed by atoms with Gasteiger partial charge >= 0.3 is 5.97 Å². The summed E-state index contributed by atoms with van der Waals surface area (Å²) in [6, 6.07) is 0. The molecule has 6 heteroatoms. The lowest BCUT2D eigenvalue weighted by molar-refractivity contribution is -0.154. The summed E-state index contributed by atoms with van der Waals surface area (Å²) in [5.41, 5.74) is -2.20. The number of rotatable bonds is 3. The van der Waals surface area contributed by atoms with Gasteiger partial charge in [0.1, 0.15) is 0 Å². The summed E-state index contributed by atoms with van der Waals surface area (Å²) >= 11 is 7.54. The molecule has 0 radical (unpaired) electrons. The maximum Gasteiger partial charge on any atom is 0.360 e. The Morgan fingerprint density at radius 3 is 2.33 bits per heavy atom. The highest BCUT2D eigenvalue weighted by Gasteiger charge is 2.33. The Morgan fingerprint density at radius 2 is 2.33 bits per heavy atom. The molecule has 0 spiro atoms. The Balaban J connectivity index is 4.27. The van der Waals surface area contributed by atoms with E-state index >= 15 is 0 Å². The third kappa shape index (κ3) is 1.88. The fraction of sp³-hybridized carbons (Fsp3) is 0.667. The second-order valence-electron chi connectivity index (χ2n) is 1.37. The van der Waals surface area contributed by atoms with Crippen LogP contribution in [0.2, 0.25) is 0 Å². The first kappa shape index (κ1) is 8.80. The Labute approximate surface area is 62.5 Å². The van der Waals surface area contributed by atoms with E-state index in [4.69, 9.17) is 10.2 Å². The van der Waals surface area contributed by atoms with Gasteiger partial charge in [0.25, 0.3) is 5.72 Å². The summed E-state index contributed by atoms with van der Waals surface area (Å²) in [7, 11) is 0. The van der Waals surface area contributed by atoms with E-state index < -0.39 is 11.7 Å². The van der Waals surface area contributed by atoms with Crippen LogP contribution in [0.15, 0.2) is 4.36 Å². The number of carbonyl (C=O) groups is 1. The number of aliphatic hydroxyl groups is 1. The van der Waals surface area contributed by atoms with Crippen LogP contribution >= 0.6 is 12.6 Å². The smallest absolute Gasteiger partial charge is 0.360 e. The second kappa shape index (κ2) is 3.09. The fourth-order valence-electron chi connectivity index (χ4n) is 0.136. The molecule has 0 aliphatic carbocycles. The summed E-state index contributed by atoms with van der Waals surface area (Å²) in [5.74, 6) is -1.79. The SMILES string of the molecule is O=C(O)C(O)(CS)N=S. The van der Waals surface area contributed by atoms with Crippen molar-refractivity contribution < 1.29 is 15.0 Å². The molecule has 52 valence electrons. The quantitative estimate of drug-likeness (QED) is 0.492. The molecule has 0 bridgehead atoms. The number of hydrogen-bond acceptors (Lipinski definition) is 5. The molecule has 0 aromatic carbocycles. The molecule has 0 aromatic heterocycles. The van der Waals surface area contributed by atoms with Gasteiger partial charge in [0.15, 0.2) is 0 Å². The Bertz CT molecular complexity index is 139. The minimum absolute atomic E-state index is 0.314. The average molecular weight is 167 g/mol. The first-order valence-electron chi connectivity index (χ1n) is 1.98. The topological polar surface area (TPSA) is 69.9 Å². The van der Waals surface area contributed by atoms with Crippen molar-refractivity contribution in [2.75, 3.05) is 5.75 Å². The minimum atomic E-state index is -2.20. The lowest BCUT2D eigenvalue weighted by Crippen LogP contribution is -2.37. The van der Waals surface area contributed by atoms with Crippen LogP contribution in [-0.2, 0) is 17.2 Å². The van der Waals surface area contributed by atoms with E-state index in [-0.39, 0.29) is 5.75 Å². The van der Waals surface area contributed by atoms with Gasteiger partial charge in [0.2, 0.25) is 0 Å². The van der Waals surface area contributed by atoms with Crippen molar-refractivity contribution in [1.29, 1.82) is 0 Å². The van der Waals surface area contributed by atoms with Gasteiger partial charge < -0.3 is 10.2 Å². The van der Waals surface area contributed by atoms with Gasteiger partial charge in [-0.1, -0.05) is 0 Å². The number of carboxylic acid groups (broad SMARTS) is 1. The molecule has 0 rings (SSSR count). The average Bonchev–Trinajstić information content (AvgIpc) is 1.86. The second-order valence-corrected chi connectivity index (χ2v) is 1.87. The molecular weight excluding hydrogens is 162 g/mol. The number of hydrogen-bond donors (Lipinski definition) is 3. The zero-order valence-electron chi connectivity index (χ0n) is 4.31. The fourth-order valence-corrected chi connectivity index (χ4v) is 0.580. The molecule has 0 aliphatic heterocycles. The number of thiol groups is 1. The maximum absolute atomic E-state index is 10.0. The highest BCUT2D eigenvalue weighted by molar-refractivity contribution is 7.80. The number of carboxylic acids is 1. The standard InChI is InChI=1S/C3H5NO3S2/c5-2(6)3(7,1-8)4-9/h7-8H,1H2,(H,5,6). The molecule has 4 nitrogen and oxygen atoms in total. The highest BCUT2D eigenvalue weighted by atomic mass is 32.1. The third-order valence-electron chi connectivity index (χ3n) is 0.714. The van der Waals surface area contributed by atoms with Gasteiger partial charge in [-0.25, -0.2) is 4.79 Å². The largest absolute Gasteiger partial charge is 0.478 e. The van der Waals surface area contributed by atoms with Gasteiger partial charge in [-0.15, -0.1) is 0 Å². The molecular formula is C3H5NO3S2. The molecule has 0 amide bonds. The van der Waals surface area contributed by atoms with E-state index in [1.807, 2.05) is 0 Å². The summed E-state index contributed by atoms with van der Waals surface area (Å²) in [5, 5.41) is 16.9. The van der Waals surface area contributed by atoms with Crippen LogP contribution in [0.1, 0.15) is 0 Å². The maximum atomic E-state index is 10.0. The minimum Gasteiger partial charge on any atom is -0.478 e. The summed E-state index contributed by atoms with van der Waals surface area (Å²) in [6.45, 7) is 0. The van der Waals surface area contributed by atoms with Crippen LogP contribution in [0.3, 0.4) is 0 Å². The van der Waals surface area contributed by atoms with Crippen molar-refractivity contribution in [3.63, 3.8) is 0 Å². The Hall–Kier alpha value is -0.200. The Morgan fingerprint density at radius 1 is 1.89 bits per heavy atom. The summed E-state index contributed by atoms with van der Waals surface area (Å²) < 4.78 is 2.80. The van der Waals surface area contributed by atoms with Crippen molar-refractivity contribution in [3.05, 3.63) is 0 Å². The number of aliphatic carboxylic acids is 1. The van der Waals surface area contributed by atoms with Gasteiger partial charge in [0, 0.05) is 12.4 Å². The monoisotopic (exact) mass is 167 g/mol. The normalized spacial score (nSPS) is 16.2. The van der Waals surface area contributed by atoms with Crippen molar-refractivity contribution in [2.45, 2.75) is 5.72 Å². The van der Waals surface area contributed by atoms with Crippen LogP contribution in [0.4, 0.5) is 0 Å². The molecule has 0 fully saturated rings. The van der Waals surface area contributed by atoms with Crippen LogP contribution in [0.25, 0.3) is 0 Å². The van der Waals surface area contributed by atoms with Crippen LogP contribution in [0.5, 0.6) is 0 Å². The van der Waals surface area contributed by atoms with Crippen molar-refractivity contribution in [2.24, 2.45) is 4.36 Å². The first-order chi connectivity index (χ1) is 4.06. The van der Waals surface area contributed by atoms with E-state index in [0.717, 1.165) is 0 Å². The zero-order chi connectivity index (χ0) is 7.49. The molecule has 0 saturated heterocycles. The van der Waals surface area contributed by atoms with Gasteiger partial charge in [0.05, 0.1) is 5.75 Å². The van der Waals surface area contributed by atoms with Crippen LogP contribution in [-0.4, -0.2) is 27.7 Å². The van der Waals surface area contributed by atoms with Crippen molar-refractivity contribution in [3.8, 4) is 0 Å². The zero-order valence-corrected chi connectivity index (χ0v) is 6.02. The van der Waals surface area contributed by atoms with E-state index in [9.17, 15) is 4.79 Å². The molecule has 0 saturated carbocycles. The van der Waals surface area contributed by atoms with Gasteiger partial charge in [-0.05, 0) is 0 Å². The van der Waals surface area contributed by atoms with Crippen molar-refractivity contribution >= 4 is 31.0 Å². The number of nitrogens with zero attached hydrogens (tertiary/aromatic N) is 1. The lowest BCUT2D eigenvalue weighted by Gasteiger charge is -2.11.